The Morgan fingerprint density at radius 3 is 1.85 bits per heavy atom. The summed E-state index contributed by atoms with van der Waals surface area (Å²) in [4.78, 5) is 18.1. The standard InChI is InChI=1S/C25H24.C3H6O2.C2H4O/c1-18-9-5-7-11-24(18)21(4)17-20(3)22-13-15-23(16-14-22)25-12-8-6-10-19(25)2;1-3(5)2-4;1-2-3/h5-17H,3H2,1-2,4H3;2-3,5H,1H3;2H,1H3/b21-17-;;. The number of hydrogen-bond donors (Lipinski definition) is 1. The lowest BCUT2D eigenvalue weighted by Crippen LogP contribution is -1.97. The molecule has 0 aliphatic rings. The average molecular weight is 443 g/mol. The van der Waals surface area contributed by atoms with E-state index in [9.17, 15) is 4.79 Å². The second-order valence-corrected chi connectivity index (χ2v) is 7.67. The van der Waals surface area contributed by atoms with Crippen molar-refractivity contribution in [1.82, 2.24) is 0 Å². The van der Waals surface area contributed by atoms with Gasteiger partial charge in [0.05, 0.1) is 0 Å². The molecule has 0 aliphatic carbocycles. The van der Waals surface area contributed by atoms with Crippen LogP contribution in [0.2, 0.25) is 0 Å². The van der Waals surface area contributed by atoms with Crippen LogP contribution >= 0.6 is 0 Å². The molecule has 1 unspecified atom stereocenters. The average Bonchev–Trinajstić information content (AvgIpc) is 2.80. The van der Waals surface area contributed by atoms with Crippen molar-refractivity contribution in [2.45, 2.75) is 40.7 Å². The van der Waals surface area contributed by atoms with E-state index in [1.54, 1.807) is 0 Å². The number of allylic oxidation sites excluding steroid dienone is 3. The molecule has 0 radical (unpaired) electrons. The topological polar surface area (TPSA) is 54.4 Å². The summed E-state index contributed by atoms with van der Waals surface area (Å²) >= 11 is 0. The highest BCUT2D eigenvalue weighted by Gasteiger charge is 2.04. The van der Waals surface area contributed by atoms with E-state index in [1.165, 1.54) is 47.2 Å². The number of aryl methyl sites for hydroxylation is 2. The smallest absolute Gasteiger partial charge is 0.148 e. The number of carbonyl (C=O) groups excluding carboxylic acids is 2. The highest BCUT2D eigenvalue weighted by molar-refractivity contribution is 5.83. The molecule has 0 fully saturated rings. The van der Waals surface area contributed by atoms with Crippen LogP contribution in [-0.2, 0) is 9.59 Å². The van der Waals surface area contributed by atoms with Crippen molar-refractivity contribution in [2.75, 3.05) is 0 Å². The second kappa shape index (κ2) is 14.5. The SMILES string of the molecule is C=C(/C=C(/C)c1ccccc1C)c1ccc(-c2ccccc2C)cc1.CC(O)C=O.CC=O. The number of aliphatic hydroxyl groups excluding tert-OH is 1. The van der Waals surface area contributed by atoms with Crippen molar-refractivity contribution in [3.05, 3.63) is 108 Å². The number of rotatable bonds is 5. The number of carbonyl (C=O) groups is 2. The molecule has 3 nitrogen and oxygen atoms in total. The third kappa shape index (κ3) is 9.22. The molecule has 0 saturated carbocycles. The number of aliphatic hydroxyl groups is 1. The fraction of sp³-hybridized carbons (Fsp3) is 0.200. The second-order valence-electron chi connectivity index (χ2n) is 7.67. The maximum Gasteiger partial charge on any atom is 0.148 e. The van der Waals surface area contributed by atoms with E-state index in [4.69, 9.17) is 9.90 Å². The van der Waals surface area contributed by atoms with Gasteiger partial charge in [-0.3, -0.25) is 0 Å². The summed E-state index contributed by atoms with van der Waals surface area (Å²) in [6.45, 7) is 13.6. The summed E-state index contributed by atoms with van der Waals surface area (Å²) in [6, 6.07) is 25.6. The molecule has 0 bridgehead atoms. The maximum atomic E-state index is 9.25. The van der Waals surface area contributed by atoms with Gasteiger partial charge < -0.3 is 14.7 Å². The van der Waals surface area contributed by atoms with Gasteiger partial charge in [0.1, 0.15) is 18.7 Å². The monoisotopic (exact) mass is 442 g/mol. The van der Waals surface area contributed by atoms with Crippen molar-refractivity contribution in [1.29, 1.82) is 0 Å². The zero-order valence-electron chi connectivity index (χ0n) is 20.2. The first-order valence-electron chi connectivity index (χ1n) is 10.9. The molecule has 3 aromatic carbocycles. The summed E-state index contributed by atoms with van der Waals surface area (Å²) in [5.41, 5.74) is 9.83. The van der Waals surface area contributed by atoms with Crippen LogP contribution in [0.25, 0.3) is 22.3 Å². The lowest BCUT2D eigenvalue weighted by Gasteiger charge is -2.09. The van der Waals surface area contributed by atoms with Crippen molar-refractivity contribution in [3.8, 4) is 11.1 Å². The molecule has 3 aromatic rings. The van der Waals surface area contributed by atoms with Crippen LogP contribution in [0.4, 0.5) is 0 Å². The lowest BCUT2D eigenvalue weighted by atomic mass is 9.95. The summed E-state index contributed by atoms with van der Waals surface area (Å²) < 4.78 is 0. The van der Waals surface area contributed by atoms with E-state index in [-0.39, 0.29) is 0 Å². The van der Waals surface area contributed by atoms with Gasteiger partial charge in [-0.2, -0.15) is 0 Å². The van der Waals surface area contributed by atoms with Gasteiger partial charge in [0, 0.05) is 0 Å². The Morgan fingerprint density at radius 1 is 0.879 bits per heavy atom. The van der Waals surface area contributed by atoms with E-state index >= 15 is 0 Å². The first-order chi connectivity index (χ1) is 15.7. The van der Waals surface area contributed by atoms with Gasteiger partial charge in [-0.05, 0) is 79.1 Å². The van der Waals surface area contributed by atoms with Crippen LogP contribution in [-0.4, -0.2) is 23.8 Å². The molecule has 172 valence electrons. The highest BCUT2D eigenvalue weighted by Crippen LogP contribution is 2.27. The molecule has 1 atom stereocenters. The van der Waals surface area contributed by atoms with E-state index in [2.05, 4.69) is 106 Å². The Bertz CT molecular complexity index is 1070. The van der Waals surface area contributed by atoms with Crippen LogP contribution in [0, 0.1) is 13.8 Å². The van der Waals surface area contributed by atoms with Crippen LogP contribution < -0.4 is 0 Å². The molecule has 3 rings (SSSR count). The van der Waals surface area contributed by atoms with Gasteiger partial charge in [0.2, 0.25) is 0 Å². The minimum atomic E-state index is -0.796. The minimum Gasteiger partial charge on any atom is -0.386 e. The summed E-state index contributed by atoms with van der Waals surface area (Å²) in [6.07, 6.45) is 2.60. The van der Waals surface area contributed by atoms with Gasteiger partial charge in [0.15, 0.2) is 0 Å². The normalized spacial score (nSPS) is 11.2. The van der Waals surface area contributed by atoms with Gasteiger partial charge >= 0.3 is 0 Å². The Kier molecular flexibility index (Phi) is 12.1. The Balaban J connectivity index is 0.000000591. The van der Waals surface area contributed by atoms with E-state index in [0.717, 1.165) is 17.4 Å². The largest absolute Gasteiger partial charge is 0.386 e. The molecule has 0 amide bonds. The summed E-state index contributed by atoms with van der Waals surface area (Å²) in [7, 11) is 0. The third-order valence-electron chi connectivity index (χ3n) is 4.87. The molecule has 0 spiro atoms. The lowest BCUT2D eigenvalue weighted by molar-refractivity contribution is -0.114. The Hall–Kier alpha value is -3.56. The highest BCUT2D eigenvalue weighted by atomic mass is 16.3. The first-order valence-corrected chi connectivity index (χ1v) is 10.9. The van der Waals surface area contributed by atoms with Crippen molar-refractivity contribution >= 4 is 23.7 Å². The number of aldehydes is 2. The van der Waals surface area contributed by atoms with Gasteiger partial charge in [-0.15, -0.1) is 0 Å². The third-order valence-corrected chi connectivity index (χ3v) is 4.87. The number of benzene rings is 3. The molecule has 33 heavy (non-hydrogen) atoms. The molecular weight excluding hydrogens is 408 g/mol. The zero-order valence-corrected chi connectivity index (χ0v) is 20.2. The van der Waals surface area contributed by atoms with E-state index < -0.39 is 6.10 Å². The van der Waals surface area contributed by atoms with Crippen LogP contribution in [0.1, 0.15) is 43.0 Å². The van der Waals surface area contributed by atoms with Crippen molar-refractivity contribution in [3.63, 3.8) is 0 Å². The van der Waals surface area contributed by atoms with E-state index in [1.807, 2.05) is 0 Å². The van der Waals surface area contributed by atoms with Gasteiger partial charge in [-0.1, -0.05) is 85.5 Å². The zero-order chi connectivity index (χ0) is 24.8. The molecule has 0 saturated heterocycles. The van der Waals surface area contributed by atoms with E-state index in [0.29, 0.717) is 6.29 Å². The summed E-state index contributed by atoms with van der Waals surface area (Å²) in [5.74, 6) is 0. The molecule has 0 aromatic heterocycles. The molecule has 0 aliphatic heterocycles. The fourth-order valence-electron chi connectivity index (χ4n) is 3.20. The van der Waals surface area contributed by atoms with Crippen LogP contribution in [0.3, 0.4) is 0 Å². The fourth-order valence-corrected chi connectivity index (χ4v) is 3.20. The molecule has 0 heterocycles. The Labute approximate surface area is 198 Å². The van der Waals surface area contributed by atoms with Crippen molar-refractivity contribution < 1.29 is 14.7 Å². The van der Waals surface area contributed by atoms with Gasteiger partial charge in [0.25, 0.3) is 0 Å². The number of hydrogen-bond acceptors (Lipinski definition) is 3. The van der Waals surface area contributed by atoms with Crippen molar-refractivity contribution in [2.24, 2.45) is 0 Å². The molecular formula is C30H34O3. The van der Waals surface area contributed by atoms with Gasteiger partial charge in [-0.25, -0.2) is 0 Å². The minimum absolute atomic E-state index is 0.472. The predicted molar refractivity (Wildman–Crippen MR) is 140 cm³/mol. The predicted octanol–water partition coefficient (Wildman–Crippen LogP) is 6.86. The Morgan fingerprint density at radius 2 is 1.36 bits per heavy atom. The molecule has 1 N–H and O–H groups in total. The van der Waals surface area contributed by atoms with Crippen LogP contribution in [0.15, 0.2) is 85.5 Å². The summed E-state index contributed by atoms with van der Waals surface area (Å²) in [5, 5.41) is 7.99. The first kappa shape index (κ1) is 27.5. The maximum absolute atomic E-state index is 9.25. The molecule has 3 heteroatoms. The quantitative estimate of drug-likeness (QED) is 0.347. The van der Waals surface area contributed by atoms with Crippen LogP contribution in [0.5, 0.6) is 0 Å².